The lowest BCUT2D eigenvalue weighted by Crippen LogP contribution is -2.21. The van der Waals surface area contributed by atoms with Crippen LogP contribution in [0.4, 0.5) is 11.4 Å². The van der Waals surface area contributed by atoms with E-state index in [2.05, 4.69) is 21.8 Å². The number of rotatable bonds is 7. The molecule has 1 unspecified atom stereocenters. The Morgan fingerprint density at radius 2 is 1.83 bits per heavy atom. The highest BCUT2D eigenvalue weighted by Crippen LogP contribution is 2.24. The average molecular weight is 443 g/mol. The Hall–Kier alpha value is -2.84. The van der Waals surface area contributed by atoms with Gasteiger partial charge in [0.2, 0.25) is 0 Å². The standard InChI is InChI=1S/C22H22N2O4S2/c25-22(28-16-17-12-13-24(15-17)20-5-2-1-3-6-20)18-8-10-19(11-9-18)23-30(26,27)21-7-4-14-29-21/h1-11,14,17,23H,12-13,15-16H2. The zero-order chi connectivity index (χ0) is 21.0. The number of anilines is 2. The Bertz CT molecular complexity index is 1080. The fraction of sp³-hybridized carbons (Fsp3) is 0.227. The van der Waals surface area contributed by atoms with Crippen molar-refractivity contribution < 1.29 is 17.9 Å². The molecular formula is C22H22N2O4S2. The van der Waals surface area contributed by atoms with Crippen LogP contribution in [-0.2, 0) is 14.8 Å². The Labute approximate surface area is 180 Å². The first-order valence-electron chi connectivity index (χ1n) is 9.65. The van der Waals surface area contributed by atoms with Gasteiger partial charge in [0, 0.05) is 30.4 Å². The second kappa shape index (κ2) is 8.89. The summed E-state index contributed by atoms with van der Waals surface area (Å²) in [6.45, 7) is 2.18. The monoisotopic (exact) mass is 442 g/mol. The second-order valence-corrected chi connectivity index (χ2v) is 10.0. The lowest BCUT2D eigenvalue weighted by atomic mass is 10.1. The van der Waals surface area contributed by atoms with Crippen molar-refractivity contribution in [3.63, 3.8) is 0 Å². The first kappa shape index (κ1) is 20.4. The number of hydrogen-bond donors (Lipinski definition) is 1. The fourth-order valence-corrected chi connectivity index (χ4v) is 5.47. The lowest BCUT2D eigenvalue weighted by Gasteiger charge is -2.18. The summed E-state index contributed by atoms with van der Waals surface area (Å²) in [7, 11) is -3.60. The van der Waals surface area contributed by atoms with E-state index in [0.29, 0.717) is 23.8 Å². The van der Waals surface area contributed by atoms with E-state index in [0.717, 1.165) is 30.8 Å². The van der Waals surface area contributed by atoms with Crippen molar-refractivity contribution in [3.05, 3.63) is 77.7 Å². The van der Waals surface area contributed by atoms with Crippen LogP contribution >= 0.6 is 11.3 Å². The molecule has 0 saturated carbocycles. The predicted octanol–water partition coefficient (Wildman–Crippen LogP) is 4.23. The van der Waals surface area contributed by atoms with Crippen LogP contribution in [0, 0.1) is 5.92 Å². The summed E-state index contributed by atoms with van der Waals surface area (Å²) in [6, 6.07) is 19.7. The van der Waals surface area contributed by atoms with Crippen LogP contribution < -0.4 is 9.62 Å². The Morgan fingerprint density at radius 3 is 2.53 bits per heavy atom. The van der Waals surface area contributed by atoms with Gasteiger partial charge in [-0.15, -0.1) is 11.3 Å². The summed E-state index contributed by atoms with van der Waals surface area (Å²) in [5, 5.41) is 1.71. The maximum Gasteiger partial charge on any atom is 0.338 e. The third-order valence-electron chi connectivity index (χ3n) is 4.99. The van der Waals surface area contributed by atoms with Crippen LogP contribution in [-0.4, -0.2) is 34.1 Å². The average Bonchev–Trinajstić information content (AvgIpc) is 3.46. The van der Waals surface area contributed by atoms with Crippen LogP contribution in [0.15, 0.2) is 76.3 Å². The number of para-hydroxylation sites is 1. The third kappa shape index (κ3) is 4.83. The highest BCUT2D eigenvalue weighted by atomic mass is 32.2. The summed E-state index contributed by atoms with van der Waals surface area (Å²) in [6.07, 6.45) is 0.978. The van der Waals surface area contributed by atoms with Gasteiger partial charge in [-0.3, -0.25) is 4.72 Å². The quantitative estimate of drug-likeness (QED) is 0.554. The van der Waals surface area contributed by atoms with Gasteiger partial charge in [-0.2, -0.15) is 0 Å². The van der Waals surface area contributed by atoms with Crippen LogP contribution in [0.3, 0.4) is 0 Å². The third-order valence-corrected chi connectivity index (χ3v) is 7.77. The topological polar surface area (TPSA) is 75.7 Å². The molecule has 0 radical (unpaired) electrons. The molecule has 0 amide bonds. The van der Waals surface area contributed by atoms with Crippen LogP contribution in [0.2, 0.25) is 0 Å². The van der Waals surface area contributed by atoms with E-state index in [9.17, 15) is 13.2 Å². The molecule has 1 saturated heterocycles. The number of sulfonamides is 1. The van der Waals surface area contributed by atoms with Gasteiger partial charge in [-0.25, -0.2) is 13.2 Å². The van der Waals surface area contributed by atoms with Crippen molar-refractivity contribution in [1.29, 1.82) is 0 Å². The van der Waals surface area contributed by atoms with E-state index in [1.807, 2.05) is 18.2 Å². The minimum Gasteiger partial charge on any atom is -0.462 e. The number of nitrogens with one attached hydrogen (secondary N) is 1. The van der Waals surface area contributed by atoms with Crippen LogP contribution in [0.1, 0.15) is 16.8 Å². The number of carbonyl (C=O) groups excluding carboxylic acids is 1. The van der Waals surface area contributed by atoms with Gasteiger partial charge in [0.15, 0.2) is 0 Å². The Morgan fingerprint density at radius 1 is 1.07 bits per heavy atom. The van der Waals surface area contributed by atoms with Crippen molar-refractivity contribution in [2.45, 2.75) is 10.6 Å². The molecule has 2 heterocycles. The molecule has 1 aromatic heterocycles. The number of esters is 1. The SMILES string of the molecule is O=C(OCC1CCN(c2ccccc2)C1)c1ccc(NS(=O)(=O)c2cccs2)cc1. The molecule has 8 heteroatoms. The van der Waals surface area contributed by atoms with Gasteiger partial charge in [-0.1, -0.05) is 24.3 Å². The Kier molecular flexibility index (Phi) is 6.06. The molecule has 1 atom stereocenters. The first-order valence-corrected chi connectivity index (χ1v) is 12.0. The highest BCUT2D eigenvalue weighted by molar-refractivity contribution is 7.94. The van der Waals surface area contributed by atoms with Crippen molar-refractivity contribution in [2.24, 2.45) is 5.92 Å². The number of nitrogens with zero attached hydrogens (tertiary/aromatic N) is 1. The number of hydrogen-bond acceptors (Lipinski definition) is 6. The highest BCUT2D eigenvalue weighted by Gasteiger charge is 2.24. The van der Waals surface area contributed by atoms with Gasteiger partial charge in [0.1, 0.15) is 4.21 Å². The molecule has 30 heavy (non-hydrogen) atoms. The molecule has 3 aromatic rings. The number of benzene rings is 2. The Balaban J connectivity index is 1.29. The van der Waals surface area contributed by atoms with E-state index >= 15 is 0 Å². The van der Waals surface area contributed by atoms with Gasteiger partial charge < -0.3 is 9.64 Å². The smallest absolute Gasteiger partial charge is 0.338 e. The largest absolute Gasteiger partial charge is 0.462 e. The van der Waals surface area contributed by atoms with Gasteiger partial charge in [0.05, 0.1) is 12.2 Å². The summed E-state index contributed by atoms with van der Waals surface area (Å²) >= 11 is 1.15. The fourth-order valence-electron chi connectivity index (χ4n) is 3.42. The first-order chi connectivity index (χ1) is 14.5. The summed E-state index contributed by atoms with van der Waals surface area (Å²) in [5.74, 6) is -0.105. The summed E-state index contributed by atoms with van der Waals surface area (Å²) in [4.78, 5) is 14.7. The van der Waals surface area contributed by atoms with E-state index < -0.39 is 16.0 Å². The van der Waals surface area contributed by atoms with E-state index in [1.165, 1.54) is 5.69 Å². The molecule has 1 fully saturated rings. The maximum atomic E-state index is 12.4. The molecule has 156 valence electrons. The molecule has 4 rings (SSSR count). The van der Waals surface area contributed by atoms with Gasteiger partial charge in [0.25, 0.3) is 10.0 Å². The van der Waals surface area contributed by atoms with E-state index in [1.54, 1.807) is 41.8 Å². The summed E-state index contributed by atoms with van der Waals surface area (Å²) < 4.78 is 32.8. The molecule has 1 aliphatic heterocycles. The van der Waals surface area contributed by atoms with Crippen LogP contribution in [0.25, 0.3) is 0 Å². The molecule has 0 aliphatic carbocycles. The normalized spacial score (nSPS) is 16.4. The van der Waals surface area contributed by atoms with Crippen molar-refractivity contribution in [2.75, 3.05) is 29.3 Å². The zero-order valence-electron chi connectivity index (χ0n) is 16.2. The molecule has 0 spiro atoms. The minimum absolute atomic E-state index is 0.243. The molecule has 1 N–H and O–H groups in total. The van der Waals surface area contributed by atoms with Crippen LogP contribution in [0.5, 0.6) is 0 Å². The second-order valence-electron chi connectivity index (χ2n) is 7.15. The molecule has 6 nitrogen and oxygen atoms in total. The van der Waals surface area contributed by atoms with E-state index in [4.69, 9.17) is 4.74 Å². The number of carbonyl (C=O) groups is 1. The van der Waals surface area contributed by atoms with Gasteiger partial charge in [-0.05, 0) is 54.3 Å². The molecule has 2 aromatic carbocycles. The predicted molar refractivity (Wildman–Crippen MR) is 119 cm³/mol. The van der Waals surface area contributed by atoms with Crippen molar-refractivity contribution in [3.8, 4) is 0 Å². The lowest BCUT2D eigenvalue weighted by molar-refractivity contribution is 0.0451. The molecular weight excluding hydrogens is 420 g/mol. The number of ether oxygens (including phenoxy) is 1. The zero-order valence-corrected chi connectivity index (χ0v) is 17.9. The molecule has 1 aliphatic rings. The summed E-state index contributed by atoms with van der Waals surface area (Å²) in [5.41, 5.74) is 1.98. The molecule has 0 bridgehead atoms. The number of thiophene rings is 1. The minimum atomic E-state index is -3.60. The van der Waals surface area contributed by atoms with Crippen molar-refractivity contribution >= 4 is 38.7 Å². The van der Waals surface area contributed by atoms with E-state index in [-0.39, 0.29) is 4.21 Å². The maximum absolute atomic E-state index is 12.4. The van der Waals surface area contributed by atoms with Gasteiger partial charge >= 0.3 is 5.97 Å². The van der Waals surface area contributed by atoms with Crippen molar-refractivity contribution in [1.82, 2.24) is 0 Å².